The molecule has 0 atom stereocenters. The molecule has 0 aliphatic carbocycles. The number of hydrogen-bond donors (Lipinski definition) is 1. The maximum absolute atomic E-state index is 4.41. The summed E-state index contributed by atoms with van der Waals surface area (Å²) in [4.78, 5) is 7.78. The predicted octanol–water partition coefficient (Wildman–Crippen LogP) is 4.70. The third-order valence-corrected chi connectivity index (χ3v) is 2.99. The van der Waals surface area contributed by atoms with Crippen LogP contribution in [0.4, 0.5) is 0 Å². The average Bonchev–Trinajstić information content (AvgIpc) is 2.79. The molecule has 0 radical (unpaired) electrons. The molecule has 0 aliphatic rings. The molecule has 1 aromatic rings. The fraction of sp³-hybridized carbons (Fsp3) is 0.438. The van der Waals surface area contributed by atoms with Gasteiger partial charge in [-0.1, -0.05) is 46.4 Å². The van der Waals surface area contributed by atoms with E-state index < -0.39 is 0 Å². The van der Waals surface area contributed by atoms with Crippen molar-refractivity contribution in [3.8, 4) is 0 Å². The molecule has 2 heteroatoms. The van der Waals surface area contributed by atoms with Crippen molar-refractivity contribution in [2.45, 2.75) is 40.5 Å². The van der Waals surface area contributed by atoms with Gasteiger partial charge in [0.25, 0.3) is 0 Å². The zero-order chi connectivity index (χ0) is 13.7. The van der Waals surface area contributed by atoms with Crippen molar-refractivity contribution in [3.05, 3.63) is 48.1 Å². The smallest absolute Gasteiger partial charge is 0.109 e. The van der Waals surface area contributed by atoms with Crippen molar-refractivity contribution in [2.24, 2.45) is 5.92 Å². The molecular weight excluding hydrogens is 220 g/mol. The molecule has 0 saturated carbocycles. The van der Waals surface area contributed by atoms with Gasteiger partial charge >= 0.3 is 0 Å². The number of aromatic nitrogens is 2. The van der Waals surface area contributed by atoms with E-state index in [2.05, 4.69) is 56.4 Å². The topological polar surface area (TPSA) is 28.7 Å². The van der Waals surface area contributed by atoms with Gasteiger partial charge in [0.15, 0.2) is 0 Å². The Morgan fingerprint density at radius 1 is 1.33 bits per heavy atom. The van der Waals surface area contributed by atoms with E-state index in [0.717, 1.165) is 17.1 Å². The van der Waals surface area contributed by atoms with Crippen LogP contribution in [-0.2, 0) is 0 Å². The second-order valence-electron chi connectivity index (χ2n) is 5.08. The van der Waals surface area contributed by atoms with Crippen LogP contribution < -0.4 is 0 Å². The van der Waals surface area contributed by atoms with Crippen LogP contribution in [0, 0.1) is 5.92 Å². The molecule has 0 unspecified atom stereocenters. The summed E-state index contributed by atoms with van der Waals surface area (Å²) in [6, 6.07) is 0. The zero-order valence-corrected chi connectivity index (χ0v) is 12.1. The number of rotatable bonds is 5. The van der Waals surface area contributed by atoms with Gasteiger partial charge in [-0.3, -0.25) is 0 Å². The van der Waals surface area contributed by atoms with Gasteiger partial charge in [0.2, 0.25) is 0 Å². The van der Waals surface area contributed by atoms with Crippen LogP contribution in [0.3, 0.4) is 0 Å². The second kappa shape index (κ2) is 6.39. The maximum atomic E-state index is 4.41. The molecule has 0 aromatic carbocycles. The molecule has 0 saturated heterocycles. The molecule has 0 fully saturated rings. The third-order valence-electron chi connectivity index (χ3n) is 2.99. The van der Waals surface area contributed by atoms with Gasteiger partial charge in [0.05, 0.1) is 11.9 Å². The Bertz CT molecular complexity index is 459. The first-order valence-corrected chi connectivity index (χ1v) is 6.55. The van der Waals surface area contributed by atoms with Crippen molar-refractivity contribution in [3.63, 3.8) is 0 Å². The lowest BCUT2D eigenvalue weighted by Crippen LogP contribution is -1.93. The summed E-state index contributed by atoms with van der Waals surface area (Å²) in [7, 11) is 0. The minimum atomic E-state index is 0.421. The van der Waals surface area contributed by atoms with Crippen LogP contribution in [0.5, 0.6) is 0 Å². The van der Waals surface area contributed by atoms with Crippen LogP contribution in [0.1, 0.15) is 52.1 Å². The third kappa shape index (κ3) is 3.46. The maximum Gasteiger partial charge on any atom is 0.109 e. The van der Waals surface area contributed by atoms with E-state index in [4.69, 9.17) is 0 Å². The van der Waals surface area contributed by atoms with Crippen LogP contribution >= 0.6 is 0 Å². The summed E-state index contributed by atoms with van der Waals surface area (Å²) in [6.45, 7) is 14.5. The van der Waals surface area contributed by atoms with E-state index in [-0.39, 0.29) is 0 Å². The fourth-order valence-electron chi connectivity index (χ4n) is 1.73. The normalized spacial score (nSPS) is 13.5. The molecule has 1 rings (SSSR count). The zero-order valence-electron chi connectivity index (χ0n) is 12.1. The van der Waals surface area contributed by atoms with E-state index in [0.29, 0.717) is 11.8 Å². The first-order valence-electron chi connectivity index (χ1n) is 6.55. The molecule has 0 spiro atoms. The summed E-state index contributed by atoms with van der Waals surface area (Å²) < 4.78 is 0. The number of allylic oxidation sites excluding steroid dienone is 5. The lowest BCUT2D eigenvalue weighted by Gasteiger charge is -2.07. The number of imidazole rings is 1. The standard InChI is InChI=1S/C16H24N2/c1-7-13(11(3)4)9-14(8-2)15-10-17-16(18-15)12(5)6/h7-12H,1H2,2-6H3,(H,17,18)/b13-9+,14-8+. The first kappa shape index (κ1) is 14.5. The molecule has 18 heavy (non-hydrogen) atoms. The highest BCUT2D eigenvalue weighted by Gasteiger charge is 2.08. The van der Waals surface area contributed by atoms with Gasteiger partial charge in [-0.15, -0.1) is 0 Å². The molecule has 0 bridgehead atoms. The summed E-state index contributed by atoms with van der Waals surface area (Å²) >= 11 is 0. The number of aromatic amines is 1. The number of H-pyrrole nitrogens is 1. The van der Waals surface area contributed by atoms with Crippen molar-refractivity contribution in [1.82, 2.24) is 9.97 Å². The Kier molecular flexibility index (Phi) is 5.14. The summed E-state index contributed by atoms with van der Waals surface area (Å²) in [6.07, 6.45) is 8.11. The highest BCUT2D eigenvalue weighted by Crippen LogP contribution is 2.21. The Hall–Kier alpha value is -1.57. The van der Waals surface area contributed by atoms with Crippen molar-refractivity contribution in [1.29, 1.82) is 0 Å². The minimum Gasteiger partial charge on any atom is -0.342 e. The SMILES string of the molecule is C=C/C(=C\C(=C/C)c1cnc(C(C)C)[nH]1)C(C)C. The van der Waals surface area contributed by atoms with Gasteiger partial charge in [-0.05, 0) is 30.1 Å². The van der Waals surface area contributed by atoms with E-state index in [1.165, 1.54) is 5.57 Å². The molecule has 1 N–H and O–H groups in total. The summed E-state index contributed by atoms with van der Waals surface area (Å²) in [5.74, 6) is 1.93. The Morgan fingerprint density at radius 3 is 2.39 bits per heavy atom. The van der Waals surface area contributed by atoms with Crippen molar-refractivity contribution in [2.75, 3.05) is 0 Å². The van der Waals surface area contributed by atoms with Gasteiger partial charge in [-0.2, -0.15) is 0 Å². The summed E-state index contributed by atoms with van der Waals surface area (Å²) in [5, 5.41) is 0. The largest absolute Gasteiger partial charge is 0.342 e. The lowest BCUT2D eigenvalue weighted by atomic mass is 9.99. The Morgan fingerprint density at radius 2 is 2.00 bits per heavy atom. The minimum absolute atomic E-state index is 0.421. The number of nitrogens with zero attached hydrogens (tertiary/aromatic N) is 1. The highest BCUT2D eigenvalue weighted by molar-refractivity contribution is 5.72. The molecule has 2 nitrogen and oxygen atoms in total. The van der Waals surface area contributed by atoms with Crippen molar-refractivity contribution < 1.29 is 0 Å². The van der Waals surface area contributed by atoms with Gasteiger partial charge in [-0.25, -0.2) is 4.98 Å². The highest BCUT2D eigenvalue weighted by atomic mass is 14.9. The fourth-order valence-corrected chi connectivity index (χ4v) is 1.73. The second-order valence-corrected chi connectivity index (χ2v) is 5.08. The van der Waals surface area contributed by atoms with Crippen LogP contribution in [0.15, 0.2) is 36.6 Å². The molecule has 0 amide bonds. The van der Waals surface area contributed by atoms with E-state index >= 15 is 0 Å². The number of nitrogens with one attached hydrogen (secondary N) is 1. The molecule has 98 valence electrons. The Labute approximate surface area is 111 Å². The quantitative estimate of drug-likeness (QED) is 0.747. The summed E-state index contributed by atoms with van der Waals surface area (Å²) in [5.41, 5.74) is 3.47. The predicted molar refractivity (Wildman–Crippen MR) is 79.4 cm³/mol. The average molecular weight is 244 g/mol. The molecule has 1 aromatic heterocycles. The van der Waals surface area contributed by atoms with Gasteiger partial charge in [0, 0.05) is 5.92 Å². The van der Waals surface area contributed by atoms with Gasteiger partial charge < -0.3 is 4.98 Å². The first-order chi connectivity index (χ1) is 8.49. The van der Waals surface area contributed by atoms with E-state index in [1.807, 2.05) is 19.2 Å². The van der Waals surface area contributed by atoms with Gasteiger partial charge in [0.1, 0.15) is 5.82 Å². The molecular formula is C16H24N2. The van der Waals surface area contributed by atoms with E-state index in [9.17, 15) is 0 Å². The van der Waals surface area contributed by atoms with Crippen LogP contribution in [0.25, 0.3) is 5.57 Å². The molecule has 0 aliphatic heterocycles. The lowest BCUT2D eigenvalue weighted by molar-refractivity contribution is 0.791. The van der Waals surface area contributed by atoms with E-state index in [1.54, 1.807) is 0 Å². The number of hydrogen-bond acceptors (Lipinski definition) is 1. The van der Waals surface area contributed by atoms with Crippen molar-refractivity contribution >= 4 is 5.57 Å². The van der Waals surface area contributed by atoms with Crippen LogP contribution in [-0.4, -0.2) is 9.97 Å². The molecule has 1 heterocycles. The Balaban J connectivity index is 3.07. The monoisotopic (exact) mass is 244 g/mol. The van der Waals surface area contributed by atoms with Crippen LogP contribution in [0.2, 0.25) is 0 Å².